The first-order valence-electron chi connectivity index (χ1n) is 8.15. The number of hydrogen-bond acceptors (Lipinski definition) is 3. The maximum atomic E-state index is 12.2. The maximum absolute atomic E-state index is 12.2. The van der Waals surface area contributed by atoms with E-state index >= 15 is 0 Å². The molecule has 1 aromatic carbocycles. The summed E-state index contributed by atoms with van der Waals surface area (Å²) in [5.41, 5.74) is 2.07. The smallest absolute Gasteiger partial charge is 0.323 e. The topological polar surface area (TPSA) is 53.2 Å². The van der Waals surface area contributed by atoms with Crippen LogP contribution in [0.3, 0.4) is 0 Å². The van der Waals surface area contributed by atoms with Gasteiger partial charge in [0.2, 0.25) is 0 Å². The van der Waals surface area contributed by atoms with Crippen LogP contribution in [0, 0.1) is 0 Å². The highest BCUT2D eigenvalue weighted by Crippen LogP contribution is 2.27. The van der Waals surface area contributed by atoms with E-state index in [2.05, 4.69) is 28.5 Å². The molecule has 0 saturated carbocycles. The van der Waals surface area contributed by atoms with Crippen LogP contribution >= 0.6 is 11.9 Å². The molecule has 4 nitrogen and oxygen atoms in total. The minimum atomic E-state index is -0.340. The molecule has 3 N–H and O–H groups in total. The number of para-hydroxylation sites is 2. The van der Waals surface area contributed by atoms with E-state index in [1.165, 1.54) is 11.9 Å². The molecule has 0 aliphatic rings. The molecule has 0 fully saturated rings. The zero-order chi connectivity index (χ0) is 19.2. The van der Waals surface area contributed by atoms with Gasteiger partial charge in [-0.2, -0.15) is 0 Å². The molecule has 0 unspecified atom stereocenters. The largest absolute Gasteiger partial charge is 0.324 e. The van der Waals surface area contributed by atoms with Gasteiger partial charge in [-0.15, -0.1) is 0 Å². The number of benzene rings is 1. The molecule has 0 aliphatic heterocycles. The Hall–Kier alpha value is -2.92. The van der Waals surface area contributed by atoms with Gasteiger partial charge in [-0.1, -0.05) is 55.7 Å². The van der Waals surface area contributed by atoms with Crippen molar-refractivity contribution in [3.8, 4) is 0 Å². The number of carbonyl (C=O) groups is 1. The summed E-state index contributed by atoms with van der Waals surface area (Å²) in [6, 6.07) is 7.14. The van der Waals surface area contributed by atoms with Crippen LogP contribution < -0.4 is 15.4 Å². The van der Waals surface area contributed by atoms with Crippen molar-refractivity contribution >= 4 is 29.4 Å². The number of amides is 2. The second-order valence-corrected chi connectivity index (χ2v) is 5.86. The molecule has 0 heterocycles. The SMILES string of the molecule is C=C/C(=C\C=C/C)NC(=O)Nc1ccccc1NS/C(C=C)=C/C=C\C. The Morgan fingerprint density at radius 1 is 1.00 bits per heavy atom. The zero-order valence-corrected chi connectivity index (χ0v) is 16.0. The molecule has 0 bridgehead atoms. The second kappa shape index (κ2) is 12.4. The van der Waals surface area contributed by atoms with Crippen LogP contribution in [-0.2, 0) is 0 Å². The Bertz CT molecular complexity index is 745. The Balaban J connectivity index is 2.81. The van der Waals surface area contributed by atoms with Crippen LogP contribution in [0.2, 0.25) is 0 Å². The third-order valence-electron chi connectivity index (χ3n) is 3.05. The highest BCUT2D eigenvalue weighted by Gasteiger charge is 2.07. The molecule has 0 spiro atoms. The lowest BCUT2D eigenvalue weighted by molar-refractivity contribution is 0.254. The second-order valence-electron chi connectivity index (χ2n) is 4.98. The van der Waals surface area contributed by atoms with Gasteiger partial charge in [-0.3, -0.25) is 0 Å². The minimum Gasteiger partial charge on any atom is -0.324 e. The molecule has 136 valence electrons. The molecule has 5 heteroatoms. The molecule has 2 amide bonds. The molecule has 0 aliphatic carbocycles. The summed E-state index contributed by atoms with van der Waals surface area (Å²) in [5, 5.41) is 5.59. The standard InChI is InChI=1S/C21H25N3OS/c1-5-9-13-17(7-3)22-21(25)23-19-15-11-12-16-20(19)24-26-18(8-4)14-10-6-2/h5-16,24H,3-4H2,1-2H3,(H2,22,23,25)/b9-5-,10-6-,17-13+,18-14+. The molecule has 1 aromatic rings. The van der Waals surface area contributed by atoms with Crippen LogP contribution in [-0.4, -0.2) is 6.03 Å². The fraction of sp³-hybridized carbons (Fsp3) is 0.0952. The van der Waals surface area contributed by atoms with Gasteiger partial charge in [0, 0.05) is 10.6 Å². The number of anilines is 2. The van der Waals surface area contributed by atoms with Crippen molar-refractivity contribution in [2.24, 2.45) is 0 Å². The van der Waals surface area contributed by atoms with Crippen molar-refractivity contribution < 1.29 is 4.79 Å². The van der Waals surface area contributed by atoms with E-state index in [0.717, 1.165) is 10.6 Å². The van der Waals surface area contributed by atoms with Crippen LogP contribution in [0.5, 0.6) is 0 Å². The molecular weight excluding hydrogens is 342 g/mol. The normalized spacial score (nSPS) is 12.2. The molecule has 26 heavy (non-hydrogen) atoms. The van der Waals surface area contributed by atoms with E-state index in [-0.39, 0.29) is 6.03 Å². The highest BCUT2D eigenvalue weighted by atomic mass is 32.2. The summed E-state index contributed by atoms with van der Waals surface area (Å²) >= 11 is 1.42. The fourth-order valence-electron chi connectivity index (χ4n) is 1.78. The number of hydrogen-bond donors (Lipinski definition) is 3. The summed E-state index contributed by atoms with van der Waals surface area (Å²) in [7, 11) is 0. The lowest BCUT2D eigenvalue weighted by Crippen LogP contribution is -2.27. The highest BCUT2D eigenvalue weighted by molar-refractivity contribution is 8.04. The summed E-state index contributed by atoms with van der Waals surface area (Å²) in [6.07, 6.45) is 14.7. The molecule has 0 aromatic heterocycles. The van der Waals surface area contributed by atoms with Gasteiger partial charge in [0.1, 0.15) is 0 Å². The first-order chi connectivity index (χ1) is 12.6. The summed E-state index contributed by atoms with van der Waals surface area (Å²) in [4.78, 5) is 13.2. The van der Waals surface area contributed by atoms with Crippen LogP contribution in [0.1, 0.15) is 13.8 Å². The number of carbonyl (C=O) groups excluding carboxylic acids is 1. The van der Waals surface area contributed by atoms with Gasteiger partial charge >= 0.3 is 6.03 Å². The van der Waals surface area contributed by atoms with E-state index in [1.807, 2.05) is 68.5 Å². The molecule has 0 atom stereocenters. The quantitative estimate of drug-likeness (QED) is 0.362. The molecule has 0 saturated heterocycles. The minimum absolute atomic E-state index is 0.340. The summed E-state index contributed by atoms with van der Waals surface area (Å²) in [5.74, 6) is 0. The third kappa shape index (κ3) is 7.77. The van der Waals surface area contributed by atoms with Crippen molar-refractivity contribution in [2.75, 3.05) is 10.0 Å². The maximum Gasteiger partial charge on any atom is 0.323 e. The summed E-state index contributed by atoms with van der Waals surface area (Å²) < 4.78 is 3.23. The average Bonchev–Trinajstić information content (AvgIpc) is 2.66. The monoisotopic (exact) mass is 367 g/mol. The molecule has 0 radical (unpaired) electrons. The number of allylic oxidation sites excluding steroid dienone is 8. The lowest BCUT2D eigenvalue weighted by atomic mass is 10.3. The molecule has 1 rings (SSSR count). The first kappa shape index (κ1) is 21.1. The van der Waals surface area contributed by atoms with Gasteiger partial charge in [-0.25, -0.2) is 4.79 Å². The van der Waals surface area contributed by atoms with E-state index in [4.69, 9.17) is 0 Å². The summed E-state index contributed by atoms with van der Waals surface area (Å²) in [6.45, 7) is 11.3. The zero-order valence-electron chi connectivity index (χ0n) is 15.2. The van der Waals surface area contributed by atoms with E-state index < -0.39 is 0 Å². The number of rotatable bonds is 9. The van der Waals surface area contributed by atoms with Crippen molar-refractivity contribution in [3.63, 3.8) is 0 Å². The van der Waals surface area contributed by atoms with E-state index in [1.54, 1.807) is 18.2 Å². The van der Waals surface area contributed by atoms with Crippen LogP contribution in [0.25, 0.3) is 0 Å². The average molecular weight is 368 g/mol. The van der Waals surface area contributed by atoms with Crippen molar-refractivity contribution in [1.29, 1.82) is 0 Å². The van der Waals surface area contributed by atoms with Gasteiger partial charge < -0.3 is 15.4 Å². The van der Waals surface area contributed by atoms with E-state index in [0.29, 0.717) is 11.4 Å². The van der Waals surface area contributed by atoms with E-state index in [9.17, 15) is 4.79 Å². The number of nitrogens with one attached hydrogen (secondary N) is 3. The van der Waals surface area contributed by atoms with Crippen LogP contribution in [0.4, 0.5) is 16.2 Å². The predicted molar refractivity (Wildman–Crippen MR) is 116 cm³/mol. The Kier molecular flexibility index (Phi) is 10.1. The van der Waals surface area contributed by atoms with Crippen LogP contribution in [0.15, 0.2) is 96.6 Å². The van der Waals surface area contributed by atoms with Crippen molar-refractivity contribution in [2.45, 2.75) is 13.8 Å². The van der Waals surface area contributed by atoms with Gasteiger partial charge in [0.15, 0.2) is 0 Å². The third-order valence-corrected chi connectivity index (χ3v) is 3.91. The first-order valence-corrected chi connectivity index (χ1v) is 8.97. The Labute approximate surface area is 160 Å². The Morgan fingerprint density at radius 3 is 2.27 bits per heavy atom. The lowest BCUT2D eigenvalue weighted by Gasteiger charge is -2.13. The number of urea groups is 1. The fourth-order valence-corrected chi connectivity index (χ4v) is 2.41. The van der Waals surface area contributed by atoms with Crippen molar-refractivity contribution in [3.05, 3.63) is 96.6 Å². The van der Waals surface area contributed by atoms with Crippen molar-refractivity contribution in [1.82, 2.24) is 5.32 Å². The van der Waals surface area contributed by atoms with Gasteiger partial charge in [0.25, 0.3) is 0 Å². The Morgan fingerprint density at radius 2 is 1.65 bits per heavy atom. The van der Waals surface area contributed by atoms with Gasteiger partial charge in [-0.05, 0) is 56.2 Å². The van der Waals surface area contributed by atoms with Gasteiger partial charge in [0.05, 0.1) is 11.4 Å². The molecular formula is C21H25N3OS. The predicted octanol–water partition coefficient (Wildman–Crippen LogP) is 6.16.